The van der Waals surface area contributed by atoms with E-state index in [9.17, 15) is 9.59 Å². The predicted octanol–water partition coefficient (Wildman–Crippen LogP) is 3.01. The summed E-state index contributed by atoms with van der Waals surface area (Å²) in [6.07, 6.45) is 1.67. The van der Waals surface area contributed by atoms with Gasteiger partial charge in [0.15, 0.2) is 11.5 Å². The number of hydrogen-bond acceptors (Lipinski definition) is 5. The number of benzene rings is 1. The normalized spacial score (nSPS) is 15.2. The standard InChI is InChI=1S/C20H21N3O4/c1-13-10-16(22-27-13)19(24)21-12-14-6-8-23(9-7-14)20(25)18-11-15-4-2-3-5-17(15)26-18/h2-5,10-11,14H,6-9,12H2,1H3,(H,21,24). The SMILES string of the molecule is Cc1cc(C(=O)NCC2CCN(C(=O)c3cc4ccccc4o3)CC2)no1. The summed E-state index contributed by atoms with van der Waals surface area (Å²) in [5.74, 6) is 1.02. The molecule has 3 heterocycles. The number of nitrogens with zero attached hydrogens (tertiary/aromatic N) is 2. The van der Waals surface area contributed by atoms with Crippen LogP contribution < -0.4 is 5.32 Å². The summed E-state index contributed by atoms with van der Waals surface area (Å²) in [4.78, 5) is 26.5. The van der Waals surface area contributed by atoms with Crippen molar-refractivity contribution < 1.29 is 18.5 Å². The molecule has 3 aromatic rings. The summed E-state index contributed by atoms with van der Waals surface area (Å²) >= 11 is 0. The Bertz CT molecular complexity index is 933. The third-order valence-corrected chi connectivity index (χ3v) is 4.95. The van der Waals surface area contributed by atoms with E-state index in [1.54, 1.807) is 19.1 Å². The lowest BCUT2D eigenvalue weighted by Crippen LogP contribution is -2.41. The molecule has 1 aromatic carbocycles. The summed E-state index contributed by atoms with van der Waals surface area (Å²) in [5.41, 5.74) is 1.02. The molecule has 1 saturated heterocycles. The van der Waals surface area contributed by atoms with Crippen LogP contribution >= 0.6 is 0 Å². The van der Waals surface area contributed by atoms with Gasteiger partial charge < -0.3 is 19.2 Å². The van der Waals surface area contributed by atoms with Crippen molar-refractivity contribution in [1.82, 2.24) is 15.4 Å². The zero-order valence-electron chi connectivity index (χ0n) is 15.1. The molecular formula is C20H21N3O4. The third kappa shape index (κ3) is 3.72. The van der Waals surface area contributed by atoms with Crippen molar-refractivity contribution in [2.75, 3.05) is 19.6 Å². The molecule has 2 amide bonds. The lowest BCUT2D eigenvalue weighted by molar-refractivity contribution is 0.0655. The zero-order chi connectivity index (χ0) is 18.8. The summed E-state index contributed by atoms with van der Waals surface area (Å²) in [6, 6.07) is 11.0. The fraction of sp³-hybridized carbons (Fsp3) is 0.350. The van der Waals surface area contributed by atoms with Crippen LogP contribution in [0.1, 0.15) is 39.6 Å². The topological polar surface area (TPSA) is 88.6 Å². The highest BCUT2D eigenvalue weighted by Crippen LogP contribution is 2.23. The van der Waals surface area contributed by atoms with Crippen LogP contribution in [0.5, 0.6) is 0 Å². The van der Waals surface area contributed by atoms with E-state index in [0.717, 1.165) is 23.8 Å². The van der Waals surface area contributed by atoms with Gasteiger partial charge in [0.05, 0.1) is 0 Å². The molecule has 0 radical (unpaired) electrons. The molecule has 1 aliphatic heterocycles. The Kier molecular flexibility index (Phi) is 4.66. The van der Waals surface area contributed by atoms with Gasteiger partial charge in [0.1, 0.15) is 11.3 Å². The number of hydrogen-bond donors (Lipinski definition) is 1. The highest BCUT2D eigenvalue weighted by Gasteiger charge is 2.26. The van der Waals surface area contributed by atoms with Gasteiger partial charge in [0, 0.05) is 31.1 Å². The maximum absolute atomic E-state index is 12.7. The second-order valence-corrected chi connectivity index (χ2v) is 6.92. The Balaban J connectivity index is 1.29. The maximum Gasteiger partial charge on any atom is 0.289 e. The number of carbonyl (C=O) groups is 2. The molecule has 0 aliphatic carbocycles. The van der Waals surface area contributed by atoms with E-state index in [1.165, 1.54) is 0 Å². The predicted molar refractivity (Wildman–Crippen MR) is 98.4 cm³/mol. The molecule has 0 bridgehead atoms. The molecule has 0 spiro atoms. The maximum atomic E-state index is 12.7. The molecule has 2 aromatic heterocycles. The van der Waals surface area contributed by atoms with Gasteiger partial charge >= 0.3 is 0 Å². The smallest absolute Gasteiger partial charge is 0.289 e. The summed E-state index contributed by atoms with van der Waals surface area (Å²) in [5, 5.41) is 7.54. The molecule has 0 atom stereocenters. The molecule has 1 N–H and O–H groups in total. The Morgan fingerprint density at radius 1 is 1.22 bits per heavy atom. The van der Waals surface area contributed by atoms with Crippen LogP contribution in [-0.4, -0.2) is 41.5 Å². The van der Waals surface area contributed by atoms with Crippen LogP contribution in [0.15, 0.2) is 45.3 Å². The number of fused-ring (bicyclic) bond motifs is 1. The van der Waals surface area contributed by atoms with E-state index in [0.29, 0.717) is 42.8 Å². The lowest BCUT2D eigenvalue weighted by atomic mass is 9.96. The number of rotatable bonds is 4. The van der Waals surface area contributed by atoms with E-state index in [1.807, 2.05) is 29.2 Å². The van der Waals surface area contributed by atoms with Crippen LogP contribution in [0, 0.1) is 12.8 Å². The number of likely N-dealkylation sites (tertiary alicyclic amines) is 1. The van der Waals surface area contributed by atoms with Crippen LogP contribution in [0.25, 0.3) is 11.0 Å². The van der Waals surface area contributed by atoms with Crippen molar-refractivity contribution >= 4 is 22.8 Å². The Morgan fingerprint density at radius 3 is 2.70 bits per heavy atom. The molecule has 7 heteroatoms. The molecular weight excluding hydrogens is 346 g/mol. The first kappa shape index (κ1) is 17.3. The number of para-hydroxylation sites is 1. The van der Waals surface area contributed by atoms with Crippen molar-refractivity contribution in [3.8, 4) is 0 Å². The number of carbonyl (C=O) groups excluding carboxylic acids is 2. The van der Waals surface area contributed by atoms with Gasteiger partial charge in [-0.2, -0.15) is 0 Å². The molecule has 140 valence electrons. The molecule has 4 rings (SSSR count). The average molecular weight is 367 g/mol. The molecule has 7 nitrogen and oxygen atoms in total. The van der Waals surface area contributed by atoms with E-state index in [2.05, 4.69) is 10.5 Å². The highest BCUT2D eigenvalue weighted by atomic mass is 16.5. The largest absolute Gasteiger partial charge is 0.451 e. The monoisotopic (exact) mass is 367 g/mol. The van der Waals surface area contributed by atoms with Gasteiger partial charge in [-0.05, 0) is 37.8 Å². The first-order valence-electron chi connectivity index (χ1n) is 9.09. The number of aryl methyl sites for hydroxylation is 1. The van der Waals surface area contributed by atoms with Crippen molar-refractivity contribution in [1.29, 1.82) is 0 Å². The van der Waals surface area contributed by atoms with E-state index in [4.69, 9.17) is 8.94 Å². The van der Waals surface area contributed by atoms with E-state index >= 15 is 0 Å². The van der Waals surface area contributed by atoms with Gasteiger partial charge in [-0.25, -0.2) is 0 Å². The molecule has 27 heavy (non-hydrogen) atoms. The number of nitrogens with one attached hydrogen (secondary N) is 1. The Hall–Kier alpha value is -3.09. The fourth-order valence-corrected chi connectivity index (χ4v) is 3.38. The number of furan rings is 1. The van der Waals surface area contributed by atoms with Crippen molar-refractivity contribution in [3.05, 3.63) is 53.6 Å². The van der Waals surface area contributed by atoms with Crippen molar-refractivity contribution in [2.24, 2.45) is 5.92 Å². The third-order valence-electron chi connectivity index (χ3n) is 4.95. The number of piperidine rings is 1. The van der Waals surface area contributed by atoms with Gasteiger partial charge in [-0.1, -0.05) is 23.4 Å². The minimum atomic E-state index is -0.229. The molecule has 1 fully saturated rings. The molecule has 1 aliphatic rings. The quantitative estimate of drug-likeness (QED) is 0.766. The van der Waals surface area contributed by atoms with Crippen LogP contribution in [0.4, 0.5) is 0 Å². The van der Waals surface area contributed by atoms with Gasteiger partial charge in [-0.15, -0.1) is 0 Å². The first-order valence-corrected chi connectivity index (χ1v) is 9.09. The van der Waals surface area contributed by atoms with Crippen LogP contribution in [0.2, 0.25) is 0 Å². The fourth-order valence-electron chi connectivity index (χ4n) is 3.38. The average Bonchev–Trinajstić information content (AvgIpc) is 3.32. The summed E-state index contributed by atoms with van der Waals surface area (Å²) in [7, 11) is 0. The van der Waals surface area contributed by atoms with E-state index < -0.39 is 0 Å². The first-order chi connectivity index (χ1) is 13.1. The van der Waals surface area contributed by atoms with Crippen LogP contribution in [0.3, 0.4) is 0 Å². The Labute approximate surface area is 156 Å². The van der Waals surface area contributed by atoms with Gasteiger partial charge in [0.25, 0.3) is 11.8 Å². The molecule has 0 saturated carbocycles. The minimum absolute atomic E-state index is 0.0771. The van der Waals surface area contributed by atoms with Crippen molar-refractivity contribution in [3.63, 3.8) is 0 Å². The lowest BCUT2D eigenvalue weighted by Gasteiger charge is -2.31. The summed E-state index contributed by atoms with van der Waals surface area (Å²) < 4.78 is 10.6. The second-order valence-electron chi connectivity index (χ2n) is 6.92. The minimum Gasteiger partial charge on any atom is -0.451 e. The second kappa shape index (κ2) is 7.26. The van der Waals surface area contributed by atoms with Gasteiger partial charge in [0.2, 0.25) is 0 Å². The number of aromatic nitrogens is 1. The highest BCUT2D eigenvalue weighted by molar-refractivity contribution is 5.96. The van der Waals surface area contributed by atoms with Gasteiger partial charge in [-0.3, -0.25) is 9.59 Å². The van der Waals surface area contributed by atoms with E-state index in [-0.39, 0.29) is 11.8 Å². The molecule has 0 unspecified atom stereocenters. The zero-order valence-corrected chi connectivity index (χ0v) is 15.1. The Morgan fingerprint density at radius 2 is 2.00 bits per heavy atom. The number of amides is 2. The summed E-state index contributed by atoms with van der Waals surface area (Å²) in [6.45, 7) is 3.62. The van der Waals surface area contributed by atoms with Crippen LogP contribution in [-0.2, 0) is 0 Å². The van der Waals surface area contributed by atoms with Crippen molar-refractivity contribution in [2.45, 2.75) is 19.8 Å².